The number of hydrogen-bond donors (Lipinski definition) is 1. The Labute approximate surface area is 179 Å². The van der Waals surface area contributed by atoms with Gasteiger partial charge in [0.05, 0.1) is 19.1 Å². The van der Waals surface area contributed by atoms with Gasteiger partial charge in [0, 0.05) is 30.8 Å². The first kappa shape index (κ1) is 19.2. The molecule has 4 heterocycles. The predicted octanol–water partition coefficient (Wildman–Crippen LogP) is 3.79. The van der Waals surface area contributed by atoms with Gasteiger partial charge in [-0.05, 0) is 55.0 Å². The standard InChI is InChI=1S/C23H22N4O4/c28-22-6-1-11-26(22)17-9-7-16(8-10-17)24-15-23(29)27-19(21-5-3-13-31-21)14-18(25-27)20-4-2-12-30-20/h2-5,7-10,12-13,19,24H,1,6,11,14-15H2. The van der Waals surface area contributed by atoms with Gasteiger partial charge in [-0.25, -0.2) is 5.01 Å². The number of nitrogens with one attached hydrogen (secondary N) is 1. The molecule has 8 nitrogen and oxygen atoms in total. The smallest absolute Gasteiger partial charge is 0.262 e. The first-order valence-corrected chi connectivity index (χ1v) is 10.3. The Morgan fingerprint density at radius 2 is 1.90 bits per heavy atom. The van der Waals surface area contributed by atoms with Gasteiger partial charge >= 0.3 is 0 Å². The number of anilines is 2. The van der Waals surface area contributed by atoms with Gasteiger partial charge in [0.25, 0.3) is 5.91 Å². The molecule has 1 fully saturated rings. The number of rotatable bonds is 6. The zero-order valence-corrected chi connectivity index (χ0v) is 16.9. The van der Waals surface area contributed by atoms with Crippen molar-refractivity contribution in [3.8, 4) is 0 Å². The van der Waals surface area contributed by atoms with Crippen LogP contribution < -0.4 is 10.2 Å². The van der Waals surface area contributed by atoms with Crippen LogP contribution in [0.1, 0.15) is 36.8 Å². The number of hydrazone groups is 1. The van der Waals surface area contributed by atoms with Crippen molar-refractivity contribution in [1.29, 1.82) is 0 Å². The maximum absolute atomic E-state index is 13.0. The maximum atomic E-state index is 13.0. The van der Waals surface area contributed by atoms with E-state index in [-0.39, 0.29) is 24.4 Å². The summed E-state index contributed by atoms with van der Waals surface area (Å²) >= 11 is 0. The van der Waals surface area contributed by atoms with E-state index in [2.05, 4.69) is 10.4 Å². The lowest BCUT2D eigenvalue weighted by Crippen LogP contribution is -2.32. The minimum atomic E-state index is -0.312. The van der Waals surface area contributed by atoms with Crippen molar-refractivity contribution in [2.75, 3.05) is 23.3 Å². The molecular weight excluding hydrogens is 396 g/mol. The van der Waals surface area contributed by atoms with E-state index in [1.807, 2.05) is 36.4 Å². The number of furan rings is 2. The van der Waals surface area contributed by atoms with Crippen molar-refractivity contribution in [2.24, 2.45) is 5.10 Å². The van der Waals surface area contributed by atoms with Crippen molar-refractivity contribution in [2.45, 2.75) is 25.3 Å². The molecule has 5 rings (SSSR count). The molecule has 8 heteroatoms. The molecule has 0 radical (unpaired) electrons. The van der Waals surface area contributed by atoms with Crippen molar-refractivity contribution in [3.05, 3.63) is 72.6 Å². The summed E-state index contributed by atoms with van der Waals surface area (Å²) in [4.78, 5) is 26.7. The van der Waals surface area contributed by atoms with Crippen LogP contribution in [0.2, 0.25) is 0 Å². The Balaban J connectivity index is 1.27. The number of carbonyl (C=O) groups excluding carboxylic acids is 2. The topological polar surface area (TPSA) is 91.3 Å². The Morgan fingerprint density at radius 1 is 1.10 bits per heavy atom. The summed E-state index contributed by atoms with van der Waals surface area (Å²) in [6.45, 7) is 0.831. The highest BCUT2D eigenvalue weighted by molar-refractivity contribution is 6.01. The van der Waals surface area contributed by atoms with Crippen LogP contribution in [0.4, 0.5) is 11.4 Å². The molecule has 2 aliphatic heterocycles. The molecule has 1 N–H and O–H groups in total. The second-order valence-electron chi connectivity index (χ2n) is 7.55. The molecule has 2 amide bonds. The number of nitrogens with zero attached hydrogens (tertiary/aromatic N) is 3. The van der Waals surface area contributed by atoms with Crippen LogP contribution in [0.5, 0.6) is 0 Å². The number of amides is 2. The lowest BCUT2D eigenvalue weighted by molar-refractivity contribution is -0.131. The summed E-state index contributed by atoms with van der Waals surface area (Å²) in [5.74, 6) is 1.30. The van der Waals surface area contributed by atoms with E-state index in [4.69, 9.17) is 8.83 Å². The van der Waals surface area contributed by atoms with Crippen LogP contribution in [-0.2, 0) is 9.59 Å². The summed E-state index contributed by atoms with van der Waals surface area (Å²) in [6, 6.07) is 14.5. The van der Waals surface area contributed by atoms with Crippen LogP contribution in [0, 0.1) is 0 Å². The molecule has 1 aromatic carbocycles. The molecule has 158 valence electrons. The Morgan fingerprint density at radius 3 is 2.58 bits per heavy atom. The van der Waals surface area contributed by atoms with Gasteiger partial charge < -0.3 is 19.1 Å². The van der Waals surface area contributed by atoms with Gasteiger partial charge in [-0.2, -0.15) is 5.10 Å². The zero-order valence-electron chi connectivity index (χ0n) is 16.9. The molecule has 2 aromatic heterocycles. The average Bonchev–Trinajstić information content (AvgIpc) is 3.58. The normalized spacial score (nSPS) is 18.5. The molecular formula is C23H22N4O4. The molecule has 0 spiro atoms. The average molecular weight is 418 g/mol. The molecule has 0 aliphatic carbocycles. The van der Waals surface area contributed by atoms with E-state index in [0.717, 1.165) is 24.3 Å². The van der Waals surface area contributed by atoms with E-state index in [9.17, 15) is 9.59 Å². The molecule has 2 aliphatic rings. The van der Waals surface area contributed by atoms with Crippen LogP contribution in [0.3, 0.4) is 0 Å². The molecule has 3 aromatic rings. The minimum Gasteiger partial charge on any atom is -0.467 e. The fourth-order valence-electron chi connectivity index (χ4n) is 3.97. The highest BCUT2D eigenvalue weighted by atomic mass is 16.3. The minimum absolute atomic E-state index is 0.0775. The third-order valence-corrected chi connectivity index (χ3v) is 5.54. The Bertz CT molecular complexity index is 1090. The number of hydrogen-bond acceptors (Lipinski definition) is 6. The highest BCUT2D eigenvalue weighted by Gasteiger charge is 2.35. The molecule has 0 saturated carbocycles. The molecule has 31 heavy (non-hydrogen) atoms. The van der Waals surface area contributed by atoms with Gasteiger partial charge in [-0.1, -0.05) is 0 Å². The summed E-state index contributed by atoms with van der Waals surface area (Å²) in [5.41, 5.74) is 2.39. The SMILES string of the molecule is O=C1CCCN1c1ccc(NCC(=O)N2N=C(c3ccco3)CC2c2ccco2)cc1. The third kappa shape index (κ3) is 3.84. The van der Waals surface area contributed by atoms with E-state index in [0.29, 0.717) is 30.1 Å². The van der Waals surface area contributed by atoms with Crippen molar-refractivity contribution in [1.82, 2.24) is 5.01 Å². The van der Waals surface area contributed by atoms with Gasteiger partial charge in [-0.15, -0.1) is 0 Å². The largest absolute Gasteiger partial charge is 0.467 e. The fraction of sp³-hybridized carbons (Fsp3) is 0.261. The van der Waals surface area contributed by atoms with Gasteiger partial charge in [0.15, 0.2) is 0 Å². The fourth-order valence-corrected chi connectivity index (χ4v) is 3.97. The molecule has 1 atom stereocenters. The van der Waals surface area contributed by atoms with Gasteiger partial charge in [-0.3, -0.25) is 9.59 Å². The third-order valence-electron chi connectivity index (χ3n) is 5.54. The zero-order chi connectivity index (χ0) is 21.2. The number of benzene rings is 1. The van der Waals surface area contributed by atoms with Crippen LogP contribution in [0.25, 0.3) is 0 Å². The summed E-state index contributed by atoms with van der Waals surface area (Å²) in [5, 5.41) is 9.12. The van der Waals surface area contributed by atoms with Crippen LogP contribution in [0.15, 0.2) is 75.0 Å². The quantitative estimate of drug-likeness (QED) is 0.658. The second-order valence-corrected chi connectivity index (χ2v) is 7.55. The summed E-state index contributed by atoms with van der Waals surface area (Å²) < 4.78 is 11.0. The van der Waals surface area contributed by atoms with Gasteiger partial charge in [0.1, 0.15) is 23.3 Å². The predicted molar refractivity (Wildman–Crippen MR) is 115 cm³/mol. The van der Waals surface area contributed by atoms with Crippen LogP contribution >= 0.6 is 0 Å². The second kappa shape index (κ2) is 8.14. The van der Waals surface area contributed by atoms with Crippen molar-refractivity contribution in [3.63, 3.8) is 0 Å². The first-order chi connectivity index (χ1) is 15.2. The van der Waals surface area contributed by atoms with E-state index < -0.39 is 0 Å². The number of carbonyl (C=O) groups is 2. The lowest BCUT2D eigenvalue weighted by Gasteiger charge is -2.20. The molecule has 0 bridgehead atoms. The highest BCUT2D eigenvalue weighted by Crippen LogP contribution is 2.33. The first-order valence-electron chi connectivity index (χ1n) is 10.3. The molecule has 1 saturated heterocycles. The van der Waals surface area contributed by atoms with E-state index in [1.54, 1.807) is 29.6 Å². The van der Waals surface area contributed by atoms with Crippen LogP contribution in [-0.4, -0.2) is 35.6 Å². The van der Waals surface area contributed by atoms with Gasteiger partial charge in [0.2, 0.25) is 5.91 Å². The Hall–Kier alpha value is -3.81. The Kier molecular flexibility index (Phi) is 5.03. The summed E-state index contributed by atoms with van der Waals surface area (Å²) in [7, 11) is 0. The van der Waals surface area contributed by atoms with Crippen molar-refractivity contribution >= 4 is 28.9 Å². The summed E-state index contributed by atoms with van der Waals surface area (Å²) in [6.07, 6.45) is 5.19. The van der Waals surface area contributed by atoms with Crippen molar-refractivity contribution < 1.29 is 18.4 Å². The van der Waals surface area contributed by atoms with E-state index in [1.165, 1.54) is 5.01 Å². The van der Waals surface area contributed by atoms with E-state index >= 15 is 0 Å². The lowest BCUT2D eigenvalue weighted by atomic mass is 10.1. The monoisotopic (exact) mass is 418 g/mol. The maximum Gasteiger partial charge on any atom is 0.262 e. The molecule has 1 unspecified atom stereocenters.